The molecule has 106 valence electrons. The van der Waals surface area contributed by atoms with E-state index in [-0.39, 0.29) is 6.04 Å². The summed E-state index contributed by atoms with van der Waals surface area (Å²) in [5, 5.41) is 8.88. The Morgan fingerprint density at radius 1 is 1.32 bits per heavy atom. The highest BCUT2D eigenvalue weighted by molar-refractivity contribution is 5.86. The van der Waals surface area contributed by atoms with Crippen LogP contribution in [0.2, 0.25) is 0 Å². The molecule has 0 bridgehead atoms. The fraction of sp³-hybridized carbons (Fsp3) is 0.615. The third-order valence-corrected chi connectivity index (χ3v) is 3.08. The van der Waals surface area contributed by atoms with E-state index in [9.17, 15) is 14.4 Å². The number of carboxylic acid groups (broad SMARTS) is 1. The number of aromatic amines is 1. The van der Waals surface area contributed by atoms with Crippen molar-refractivity contribution in [2.75, 3.05) is 0 Å². The first-order chi connectivity index (χ1) is 8.82. The molecule has 0 aliphatic heterocycles. The molecule has 0 aliphatic carbocycles. The Morgan fingerprint density at radius 3 is 2.47 bits per heavy atom. The highest BCUT2D eigenvalue weighted by Crippen LogP contribution is 2.15. The van der Waals surface area contributed by atoms with Gasteiger partial charge in [-0.05, 0) is 19.3 Å². The van der Waals surface area contributed by atoms with Gasteiger partial charge >= 0.3 is 11.7 Å². The first-order valence-corrected chi connectivity index (χ1v) is 6.41. The van der Waals surface area contributed by atoms with Crippen LogP contribution in [0.25, 0.3) is 0 Å². The molecule has 0 saturated carbocycles. The Bertz CT molecular complexity index is 556. The molecule has 1 aromatic heterocycles. The van der Waals surface area contributed by atoms with Crippen LogP contribution in [0.1, 0.15) is 56.4 Å². The van der Waals surface area contributed by atoms with Gasteiger partial charge < -0.3 is 5.11 Å². The maximum absolute atomic E-state index is 11.7. The largest absolute Gasteiger partial charge is 0.477 e. The molecule has 0 spiro atoms. The van der Waals surface area contributed by atoms with Crippen molar-refractivity contribution in [1.82, 2.24) is 9.55 Å². The van der Waals surface area contributed by atoms with Gasteiger partial charge in [-0.1, -0.05) is 26.7 Å². The molecule has 19 heavy (non-hydrogen) atoms. The van der Waals surface area contributed by atoms with E-state index in [1.807, 2.05) is 11.9 Å². The standard InChI is InChI=1S/C13H20N2O4/c1-8(2)5-4-6-9(3)15-7-10(12(17)18)11(16)14-13(15)19/h7-9H,4-6H2,1-3H3,(H,17,18)(H,14,16,19). The van der Waals surface area contributed by atoms with E-state index in [1.165, 1.54) is 4.57 Å². The second-order valence-corrected chi connectivity index (χ2v) is 5.19. The Balaban J connectivity index is 2.94. The normalized spacial score (nSPS) is 12.6. The van der Waals surface area contributed by atoms with Crippen molar-refractivity contribution in [3.05, 3.63) is 32.6 Å². The molecule has 0 aromatic carbocycles. The summed E-state index contributed by atoms with van der Waals surface area (Å²) < 4.78 is 1.28. The lowest BCUT2D eigenvalue weighted by molar-refractivity contribution is 0.0693. The van der Waals surface area contributed by atoms with Gasteiger partial charge in [-0.2, -0.15) is 0 Å². The van der Waals surface area contributed by atoms with Gasteiger partial charge in [-0.15, -0.1) is 0 Å². The molecule has 1 unspecified atom stereocenters. The van der Waals surface area contributed by atoms with Crippen LogP contribution >= 0.6 is 0 Å². The lowest BCUT2D eigenvalue weighted by atomic mass is 10.0. The van der Waals surface area contributed by atoms with Gasteiger partial charge in [0.25, 0.3) is 5.56 Å². The number of rotatable bonds is 6. The summed E-state index contributed by atoms with van der Waals surface area (Å²) in [4.78, 5) is 35.9. The average molecular weight is 268 g/mol. The van der Waals surface area contributed by atoms with Crippen molar-refractivity contribution in [1.29, 1.82) is 0 Å². The van der Waals surface area contributed by atoms with E-state index in [0.29, 0.717) is 5.92 Å². The maximum atomic E-state index is 11.7. The van der Waals surface area contributed by atoms with Crippen LogP contribution in [0, 0.1) is 5.92 Å². The van der Waals surface area contributed by atoms with Crippen LogP contribution in [0.5, 0.6) is 0 Å². The molecule has 0 aliphatic rings. The molecule has 1 aromatic rings. The minimum atomic E-state index is -1.33. The third-order valence-electron chi connectivity index (χ3n) is 3.08. The smallest absolute Gasteiger partial charge is 0.342 e. The maximum Gasteiger partial charge on any atom is 0.342 e. The van der Waals surface area contributed by atoms with Crippen molar-refractivity contribution in [3.8, 4) is 0 Å². The predicted octanol–water partition coefficient (Wildman–Crippen LogP) is 1.62. The number of nitrogens with zero attached hydrogens (tertiary/aromatic N) is 1. The zero-order valence-corrected chi connectivity index (χ0v) is 11.5. The minimum Gasteiger partial charge on any atom is -0.477 e. The van der Waals surface area contributed by atoms with Crippen LogP contribution in [0.15, 0.2) is 15.8 Å². The summed E-state index contributed by atoms with van der Waals surface area (Å²) in [6.45, 7) is 6.09. The van der Waals surface area contributed by atoms with Gasteiger partial charge in [0.05, 0.1) is 0 Å². The summed E-state index contributed by atoms with van der Waals surface area (Å²) in [6, 6.07) is -0.138. The summed E-state index contributed by atoms with van der Waals surface area (Å²) in [5.41, 5.74) is -1.83. The summed E-state index contributed by atoms with van der Waals surface area (Å²) in [7, 11) is 0. The number of carbonyl (C=O) groups is 1. The summed E-state index contributed by atoms with van der Waals surface area (Å²) in [6.07, 6.45) is 3.90. The van der Waals surface area contributed by atoms with Gasteiger partial charge in [-0.3, -0.25) is 14.3 Å². The van der Waals surface area contributed by atoms with Gasteiger partial charge in [0.15, 0.2) is 0 Å². The van der Waals surface area contributed by atoms with Gasteiger partial charge in [0, 0.05) is 12.2 Å². The molecule has 1 rings (SSSR count). The molecule has 0 saturated heterocycles. The molecule has 0 fully saturated rings. The second kappa shape index (κ2) is 6.36. The van der Waals surface area contributed by atoms with Gasteiger partial charge in [-0.25, -0.2) is 9.59 Å². The number of aromatic nitrogens is 2. The van der Waals surface area contributed by atoms with Crippen molar-refractivity contribution in [2.45, 2.75) is 46.1 Å². The van der Waals surface area contributed by atoms with Crippen LogP contribution in [0.4, 0.5) is 0 Å². The van der Waals surface area contributed by atoms with Crippen LogP contribution < -0.4 is 11.2 Å². The highest BCUT2D eigenvalue weighted by atomic mass is 16.4. The van der Waals surface area contributed by atoms with E-state index < -0.39 is 22.8 Å². The monoisotopic (exact) mass is 268 g/mol. The molecule has 6 heteroatoms. The van der Waals surface area contributed by atoms with E-state index >= 15 is 0 Å². The van der Waals surface area contributed by atoms with E-state index in [2.05, 4.69) is 13.8 Å². The Labute approximate surface area is 111 Å². The first kappa shape index (κ1) is 15.2. The number of nitrogens with one attached hydrogen (secondary N) is 1. The molecule has 6 nitrogen and oxygen atoms in total. The average Bonchev–Trinajstić information content (AvgIpc) is 2.27. The number of H-pyrrole nitrogens is 1. The molecule has 0 radical (unpaired) electrons. The molecular weight excluding hydrogens is 248 g/mol. The first-order valence-electron chi connectivity index (χ1n) is 6.41. The number of hydrogen-bond donors (Lipinski definition) is 2. The fourth-order valence-electron chi connectivity index (χ4n) is 1.93. The minimum absolute atomic E-state index is 0.138. The lowest BCUT2D eigenvalue weighted by Gasteiger charge is -2.15. The Kier molecular flexibility index (Phi) is 5.09. The van der Waals surface area contributed by atoms with Crippen molar-refractivity contribution in [3.63, 3.8) is 0 Å². The number of hydrogen-bond acceptors (Lipinski definition) is 3. The molecule has 0 amide bonds. The van der Waals surface area contributed by atoms with Crippen LogP contribution in [-0.2, 0) is 0 Å². The summed E-state index contributed by atoms with van der Waals surface area (Å²) >= 11 is 0. The Morgan fingerprint density at radius 2 is 1.95 bits per heavy atom. The molecule has 2 N–H and O–H groups in total. The topological polar surface area (TPSA) is 92.2 Å². The molecule has 1 heterocycles. The van der Waals surface area contributed by atoms with Crippen LogP contribution in [-0.4, -0.2) is 20.6 Å². The van der Waals surface area contributed by atoms with Crippen LogP contribution in [0.3, 0.4) is 0 Å². The zero-order chi connectivity index (χ0) is 14.6. The quantitative estimate of drug-likeness (QED) is 0.820. The lowest BCUT2D eigenvalue weighted by Crippen LogP contribution is -2.34. The second-order valence-electron chi connectivity index (χ2n) is 5.19. The predicted molar refractivity (Wildman–Crippen MR) is 71.7 cm³/mol. The van der Waals surface area contributed by atoms with E-state index in [4.69, 9.17) is 5.11 Å². The van der Waals surface area contributed by atoms with Gasteiger partial charge in [0.1, 0.15) is 5.56 Å². The van der Waals surface area contributed by atoms with Crippen molar-refractivity contribution < 1.29 is 9.90 Å². The summed E-state index contributed by atoms with van der Waals surface area (Å²) in [5.74, 6) is -0.738. The number of aromatic carboxylic acids is 1. The zero-order valence-electron chi connectivity index (χ0n) is 11.5. The Hall–Kier alpha value is -1.85. The number of carboxylic acids is 1. The molecule has 1 atom stereocenters. The van der Waals surface area contributed by atoms with Crippen molar-refractivity contribution in [2.24, 2.45) is 5.92 Å². The van der Waals surface area contributed by atoms with E-state index in [1.54, 1.807) is 0 Å². The SMILES string of the molecule is CC(C)CCCC(C)n1cc(C(=O)O)c(=O)[nH]c1=O. The third kappa shape index (κ3) is 4.08. The van der Waals surface area contributed by atoms with Gasteiger partial charge in [0.2, 0.25) is 0 Å². The fourth-order valence-corrected chi connectivity index (χ4v) is 1.93. The van der Waals surface area contributed by atoms with Crippen molar-refractivity contribution >= 4 is 5.97 Å². The highest BCUT2D eigenvalue weighted by Gasteiger charge is 2.14. The molecular formula is C13H20N2O4. The van der Waals surface area contributed by atoms with E-state index in [0.717, 1.165) is 25.5 Å².